The fourth-order valence-corrected chi connectivity index (χ4v) is 4.03. The Morgan fingerprint density at radius 3 is 2.40 bits per heavy atom. The van der Waals surface area contributed by atoms with Crippen LogP contribution in [0.3, 0.4) is 0 Å². The number of carbonyl (C=O) groups excluding carboxylic acids is 1. The van der Waals surface area contributed by atoms with E-state index in [4.69, 9.17) is 4.98 Å². The van der Waals surface area contributed by atoms with Crippen molar-refractivity contribution < 1.29 is 9.90 Å². The van der Waals surface area contributed by atoms with Crippen molar-refractivity contribution in [2.45, 2.75) is 45.1 Å². The molecule has 5 heteroatoms. The number of aromatic nitrogens is 2. The van der Waals surface area contributed by atoms with Gasteiger partial charge in [-0.15, -0.1) is 0 Å². The molecule has 1 aliphatic rings. The smallest absolute Gasteiger partial charge is 0.225 e. The van der Waals surface area contributed by atoms with E-state index in [1.807, 2.05) is 54.6 Å². The Morgan fingerprint density at radius 2 is 1.70 bits per heavy atom. The molecule has 154 valence electrons. The number of amides is 1. The van der Waals surface area contributed by atoms with Gasteiger partial charge in [-0.1, -0.05) is 73.9 Å². The Balaban J connectivity index is 1.61. The molecule has 5 nitrogen and oxygen atoms in total. The predicted molar refractivity (Wildman–Crippen MR) is 119 cm³/mol. The van der Waals surface area contributed by atoms with Crippen molar-refractivity contribution in [2.75, 3.05) is 5.32 Å². The molecule has 0 radical (unpaired) electrons. The van der Waals surface area contributed by atoms with Crippen molar-refractivity contribution in [2.24, 2.45) is 5.92 Å². The number of nitrogens with one attached hydrogen (secondary N) is 1. The average molecular weight is 402 g/mol. The van der Waals surface area contributed by atoms with Gasteiger partial charge in [0, 0.05) is 17.5 Å². The summed E-state index contributed by atoms with van der Waals surface area (Å²) >= 11 is 0. The van der Waals surface area contributed by atoms with Gasteiger partial charge in [0.15, 0.2) is 5.82 Å². The number of aliphatic hydroxyl groups excluding tert-OH is 1. The van der Waals surface area contributed by atoms with Gasteiger partial charge in [-0.3, -0.25) is 4.79 Å². The largest absolute Gasteiger partial charge is 0.392 e. The highest BCUT2D eigenvalue weighted by atomic mass is 16.3. The van der Waals surface area contributed by atoms with Crippen LogP contribution in [0.2, 0.25) is 0 Å². The molecule has 1 heterocycles. The van der Waals surface area contributed by atoms with E-state index in [-0.39, 0.29) is 12.5 Å². The summed E-state index contributed by atoms with van der Waals surface area (Å²) in [7, 11) is 0. The fourth-order valence-electron chi connectivity index (χ4n) is 4.03. The van der Waals surface area contributed by atoms with Crippen LogP contribution in [0.5, 0.6) is 0 Å². The van der Waals surface area contributed by atoms with E-state index < -0.39 is 0 Å². The highest BCUT2D eigenvalue weighted by molar-refractivity contribution is 5.93. The lowest BCUT2D eigenvalue weighted by atomic mass is 9.87. The first-order valence-electron chi connectivity index (χ1n) is 10.7. The molecule has 0 aliphatic heterocycles. The minimum Gasteiger partial charge on any atom is -0.392 e. The maximum absolute atomic E-state index is 12.7. The molecule has 1 fully saturated rings. The van der Waals surface area contributed by atoms with Crippen LogP contribution in [0.4, 0.5) is 5.82 Å². The third kappa shape index (κ3) is 4.92. The van der Waals surface area contributed by atoms with Gasteiger partial charge >= 0.3 is 0 Å². The molecule has 1 saturated carbocycles. The Bertz CT molecular complexity index is 981. The van der Waals surface area contributed by atoms with E-state index in [0.717, 1.165) is 35.2 Å². The van der Waals surface area contributed by atoms with Crippen LogP contribution in [0, 0.1) is 5.92 Å². The van der Waals surface area contributed by atoms with Gasteiger partial charge in [0.05, 0.1) is 18.5 Å². The van der Waals surface area contributed by atoms with Gasteiger partial charge in [0.1, 0.15) is 5.69 Å². The molecular formula is C25H27N3O2. The summed E-state index contributed by atoms with van der Waals surface area (Å²) in [4.78, 5) is 22.1. The summed E-state index contributed by atoms with van der Waals surface area (Å²) in [6.45, 7) is 0.00713. The third-order valence-corrected chi connectivity index (χ3v) is 5.71. The zero-order chi connectivity index (χ0) is 20.8. The van der Waals surface area contributed by atoms with Crippen LogP contribution in [-0.2, 0) is 11.4 Å². The summed E-state index contributed by atoms with van der Waals surface area (Å²) in [5.41, 5.74) is 4.06. The SMILES string of the molecule is O=C(CC1CCCCC1)Nc1ncc(-c2ccc(CO)cc2)nc1-c1ccccc1. The van der Waals surface area contributed by atoms with E-state index in [2.05, 4.69) is 10.3 Å². The summed E-state index contributed by atoms with van der Waals surface area (Å²) in [6.07, 6.45) is 8.22. The molecule has 2 aromatic carbocycles. The Labute approximate surface area is 177 Å². The van der Waals surface area contributed by atoms with Gasteiger partial charge < -0.3 is 10.4 Å². The van der Waals surface area contributed by atoms with Crippen molar-refractivity contribution in [3.05, 3.63) is 66.4 Å². The lowest BCUT2D eigenvalue weighted by molar-refractivity contribution is -0.117. The number of anilines is 1. The highest BCUT2D eigenvalue weighted by Gasteiger charge is 2.19. The van der Waals surface area contributed by atoms with Crippen molar-refractivity contribution in [1.82, 2.24) is 9.97 Å². The molecule has 0 unspecified atom stereocenters. The third-order valence-electron chi connectivity index (χ3n) is 5.71. The van der Waals surface area contributed by atoms with Crippen molar-refractivity contribution in [3.8, 4) is 22.5 Å². The first kappa shape index (κ1) is 20.2. The van der Waals surface area contributed by atoms with Crippen LogP contribution in [0.1, 0.15) is 44.1 Å². The Hall–Kier alpha value is -3.05. The van der Waals surface area contributed by atoms with Gasteiger partial charge in [-0.2, -0.15) is 0 Å². The standard InChI is InChI=1S/C25H27N3O2/c29-17-19-11-13-20(14-12-19)22-16-26-25(24(27-22)21-9-5-2-6-10-21)28-23(30)15-18-7-3-1-4-8-18/h2,5-6,9-14,16,18,29H,1,3-4,7-8,15,17H2,(H,26,28,30). The van der Waals surface area contributed by atoms with E-state index in [1.165, 1.54) is 19.3 Å². The van der Waals surface area contributed by atoms with Crippen LogP contribution in [0.15, 0.2) is 60.8 Å². The predicted octanol–water partition coefficient (Wildman–Crippen LogP) is 5.21. The molecule has 2 N–H and O–H groups in total. The normalized spacial score (nSPS) is 14.4. The minimum absolute atomic E-state index is 0.00713. The van der Waals surface area contributed by atoms with Crippen LogP contribution in [0.25, 0.3) is 22.5 Å². The molecule has 1 amide bonds. The van der Waals surface area contributed by atoms with E-state index >= 15 is 0 Å². The highest BCUT2D eigenvalue weighted by Crippen LogP contribution is 2.30. The number of hydrogen-bond acceptors (Lipinski definition) is 4. The second kappa shape index (κ2) is 9.63. The number of aliphatic hydroxyl groups is 1. The van der Waals surface area contributed by atoms with Crippen LogP contribution < -0.4 is 5.32 Å². The monoisotopic (exact) mass is 401 g/mol. The Kier molecular flexibility index (Phi) is 6.50. The van der Waals surface area contributed by atoms with Gasteiger partial charge in [-0.05, 0) is 24.3 Å². The fraction of sp³-hybridized carbons (Fsp3) is 0.320. The number of benzene rings is 2. The molecule has 0 bridgehead atoms. The topological polar surface area (TPSA) is 75.1 Å². The van der Waals surface area contributed by atoms with E-state index in [0.29, 0.717) is 23.9 Å². The molecule has 0 saturated heterocycles. The number of hydrogen-bond donors (Lipinski definition) is 2. The molecule has 1 aliphatic carbocycles. The van der Waals surface area contributed by atoms with Gasteiger partial charge in [0.25, 0.3) is 0 Å². The molecule has 4 rings (SSSR count). The quantitative estimate of drug-likeness (QED) is 0.594. The maximum Gasteiger partial charge on any atom is 0.225 e. The first-order valence-corrected chi connectivity index (χ1v) is 10.7. The van der Waals surface area contributed by atoms with Crippen molar-refractivity contribution in [1.29, 1.82) is 0 Å². The number of carbonyl (C=O) groups is 1. The molecule has 1 aromatic heterocycles. The molecule has 3 aromatic rings. The average Bonchev–Trinajstić information content (AvgIpc) is 2.80. The van der Waals surface area contributed by atoms with Crippen molar-refractivity contribution >= 4 is 11.7 Å². The van der Waals surface area contributed by atoms with Gasteiger partial charge in [0.2, 0.25) is 5.91 Å². The van der Waals surface area contributed by atoms with E-state index in [1.54, 1.807) is 6.20 Å². The Morgan fingerprint density at radius 1 is 0.967 bits per heavy atom. The number of nitrogens with zero attached hydrogens (tertiary/aromatic N) is 2. The summed E-state index contributed by atoms with van der Waals surface area (Å²) in [5, 5.41) is 12.3. The van der Waals surface area contributed by atoms with Crippen LogP contribution in [-0.4, -0.2) is 21.0 Å². The maximum atomic E-state index is 12.7. The zero-order valence-electron chi connectivity index (χ0n) is 17.1. The second-order valence-corrected chi connectivity index (χ2v) is 7.93. The van der Waals surface area contributed by atoms with Crippen molar-refractivity contribution in [3.63, 3.8) is 0 Å². The zero-order valence-corrected chi connectivity index (χ0v) is 17.1. The molecule has 30 heavy (non-hydrogen) atoms. The summed E-state index contributed by atoms with van der Waals surface area (Å²) in [5.74, 6) is 0.974. The molecular weight excluding hydrogens is 374 g/mol. The lowest BCUT2D eigenvalue weighted by Crippen LogP contribution is -2.19. The summed E-state index contributed by atoms with van der Waals surface area (Å²) < 4.78 is 0. The van der Waals surface area contributed by atoms with Gasteiger partial charge in [-0.25, -0.2) is 9.97 Å². The van der Waals surface area contributed by atoms with Crippen LogP contribution >= 0.6 is 0 Å². The lowest BCUT2D eigenvalue weighted by Gasteiger charge is -2.21. The van der Waals surface area contributed by atoms with E-state index in [9.17, 15) is 9.90 Å². The first-order chi connectivity index (χ1) is 14.7. The number of rotatable bonds is 6. The second-order valence-electron chi connectivity index (χ2n) is 7.93. The summed E-state index contributed by atoms with van der Waals surface area (Å²) in [6, 6.07) is 17.4. The minimum atomic E-state index is 0.00713. The molecule has 0 atom stereocenters. The molecule has 0 spiro atoms.